The first kappa shape index (κ1) is 19.5. The van der Waals surface area contributed by atoms with E-state index in [-0.39, 0.29) is 11.9 Å². The number of nitrogens with two attached hydrogens (primary N) is 1. The number of carbonyl (C=O) groups is 2. The molecule has 0 aliphatic carbocycles. The lowest BCUT2D eigenvalue weighted by atomic mass is 9.94. The van der Waals surface area contributed by atoms with Gasteiger partial charge in [-0.25, -0.2) is 4.79 Å². The molecule has 0 unspecified atom stereocenters. The van der Waals surface area contributed by atoms with Crippen LogP contribution in [0.4, 0.5) is 10.5 Å². The van der Waals surface area contributed by atoms with E-state index in [9.17, 15) is 9.59 Å². The lowest BCUT2D eigenvalue weighted by molar-refractivity contribution is -0.121. The van der Waals surface area contributed by atoms with Crippen molar-refractivity contribution >= 4 is 17.6 Å². The average Bonchev–Trinajstić information content (AvgIpc) is 2.74. The third kappa shape index (κ3) is 3.98. The molecule has 3 aromatic rings. The Balaban J connectivity index is 1.66. The topological polar surface area (TPSA) is 84.7 Å². The van der Waals surface area contributed by atoms with Crippen molar-refractivity contribution in [3.8, 4) is 11.5 Å². The maximum Gasteiger partial charge on any atom is 0.312 e. The van der Waals surface area contributed by atoms with Gasteiger partial charge in [-0.05, 0) is 48.4 Å². The van der Waals surface area contributed by atoms with Gasteiger partial charge in [-0.1, -0.05) is 48.5 Å². The van der Waals surface area contributed by atoms with E-state index < -0.39 is 12.1 Å². The number of amides is 3. The van der Waals surface area contributed by atoms with Crippen LogP contribution in [0.15, 0.2) is 78.9 Å². The molecule has 152 valence electrons. The lowest BCUT2D eigenvalue weighted by Gasteiger charge is -2.38. The molecule has 30 heavy (non-hydrogen) atoms. The molecular formula is C24H23N3O3. The highest BCUT2D eigenvalue weighted by Crippen LogP contribution is 2.36. The zero-order chi connectivity index (χ0) is 21.1. The van der Waals surface area contributed by atoms with Gasteiger partial charge in [0.1, 0.15) is 17.5 Å². The van der Waals surface area contributed by atoms with E-state index >= 15 is 0 Å². The molecule has 4 rings (SSSR count). The van der Waals surface area contributed by atoms with Gasteiger partial charge < -0.3 is 20.7 Å². The summed E-state index contributed by atoms with van der Waals surface area (Å²) in [6.07, 6.45) is 0.415. The van der Waals surface area contributed by atoms with E-state index in [0.717, 1.165) is 22.6 Å². The Morgan fingerprint density at radius 2 is 1.73 bits per heavy atom. The fourth-order valence-electron chi connectivity index (χ4n) is 3.81. The molecule has 3 N–H and O–H groups in total. The van der Waals surface area contributed by atoms with Gasteiger partial charge in [-0.15, -0.1) is 0 Å². The Labute approximate surface area is 175 Å². The fourth-order valence-corrected chi connectivity index (χ4v) is 3.81. The summed E-state index contributed by atoms with van der Waals surface area (Å²) in [6, 6.07) is 23.3. The van der Waals surface area contributed by atoms with E-state index in [0.29, 0.717) is 12.2 Å². The van der Waals surface area contributed by atoms with Crippen molar-refractivity contribution < 1.29 is 14.3 Å². The van der Waals surface area contributed by atoms with Gasteiger partial charge in [0.25, 0.3) is 5.91 Å². The van der Waals surface area contributed by atoms with Crippen molar-refractivity contribution in [3.63, 3.8) is 0 Å². The predicted octanol–water partition coefficient (Wildman–Crippen LogP) is 4.17. The first-order valence-electron chi connectivity index (χ1n) is 9.83. The van der Waals surface area contributed by atoms with Crippen molar-refractivity contribution in [3.05, 3.63) is 90.0 Å². The minimum Gasteiger partial charge on any atom is -0.457 e. The second kappa shape index (κ2) is 8.29. The molecule has 6 heteroatoms. The summed E-state index contributed by atoms with van der Waals surface area (Å²) >= 11 is 0. The van der Waals surface area contributed by atoms with Crippen molar-refractivity contribution in [1.29, 1.82) is 0 Å². The number of nitrogens with zero attached hydrogens (tertiary/aromatic N) is 1. The van der Waals surface area contributed by atoms with Crippen LogP contribution in [0.2, 0.25) is 0 Å². The number of carbonyl (C=O) groups excluding carboxylic acids is 2. The minimum absolute atomic E-state index is 0.186. The zero-order valence-electron chi connectivity index (χ0n) is 16.6. The van der Waals surface area contributed by atoms with Crippen molar-refractivity contribution in [2.24, 2.45) is 5.73 Å². The summed E-state index contributed by atoms with van der Waals surface area (Å²) < 4.78 is 5.95. The average molecular weight is 401 g/mol. The molecule has 6 nitrogen and oxygen atoms in total. The molecule has 3 amide bonds. The Morgan fingerprint density at radius 3 is 2.50 bits per heavy atom. The number of hydrogen-bond donors (Lipinski definition) is 2. The summed E-state index contributed by atoms with van der Waals surface area (Å²) in [5, 5.41) is 2.58. The maximum absolute atomic E-state index is 13.2. The summed E-state index contributed by atoms with van der Waals surface area (Å²) in [4.78, 5) is 26.4. The smallest absolute Gasteiger partial charge is 0.312 e. The number of ether oxygens (including phenoxy) is 1. The molecular weight excluding hydrogens is 378 g/mol. The zero-order valence-corrected chi connectivity index (χ0v) is 16.6. The molecule has 0 fully saturated rings. The van der Waals surface area contributed by atoms with Crippen LogP contribution in [-0.2, 0) is 11.2 Å². The predicted molar refractivity (Wildman–Crippen MR) is 116 cm³/mol. The van der Waals surface area contributed by atoms with Crippen molar-refractivity contribution in [2.45, 2.75) is 25.4 Å². The number of hydrogen-bond acceptors (Lipinski definition) is 3. The Hall–Kier alpha value is -3.80. The molecule has 0 radical (unpaired) electrons. The highest BCUT2D eigenvalue weighted by Gasteiger charge is 2.36. The molecule has 0 spiro atoms. The largest absolute Gasteiger partial charge is 0.457 e. The normalized spacial score (nSPS) is 16.5. The van der Waals surface area contributed by atoms with Crippen molar-refractivity contribution in [2.75, 3.05) is 4.90 Å². The van der Waals surface area contributed by atoms with E-state index in [1.165, 1.54) is 0 Å². The minimum atomic E-state index is -0.710. The summed E-state index contributed by atoms with van der Waals surface area (Å²) in [5.41, 5.74) is 8.04. The van der Waals surface area contributed by atoms with Gasteiger partial charge in [0.2, 0.25) is 0 Å². The van der Waals surface area contributed by atoms with E-state index in [4.69, 9.17) is 10.5 Å². The summed E-state index contributed by atoms with van der Waals surface area (Å²) in [7, 11) is 0. The number of benzene rings is 3. The quantitative estimate of drug-likeness (QED) is 0.673. The number of rotatable bonds is 5. The molecule has 0 bridgehead atoms. The fraction of sp³-hybridized carbons (Fsp3) is 0.167. The third-order valence-electron chi connectivity index (χ3n) is 5.23. The van der Waals surface area contributed by atoms with Crippen LogP contribution in [0.5, 0.6) is 11.5 Å². The number of primary amides is 1. The number of nitrogens with one attached hydrogen (secondary N) is 1. The monoisotopic (exact) mass is 401 g/mol. The van der Waals surface area contributed by atoms with Crippen LogP contribution in [0.1, 0.15) is 24.1 Å². The van der Waals surface area contributed by atoms with E-state index in [2.05, 4.69) is 5.32 Å². The van der Waals surface area contributed by atoms with Crippen LogP contribution in [0.25, 0.3) is 0 Å². The molecule has 2 atom stereocenters. The number of para-hydroxylation sites is 2. The molecule has 1 aliphatic rings. The van der Waals surface area contributed by atoms with E-state index in [1.54, 1.807) is 4.90 Å². The van der Waals surface area contributed by atoms with Gasteiger partial charge in [0.05, 0.1) is 6.04 Å². The van der Waals surface area contributed by atoms with Gasteiger partial charge in [-0.3, -0.25) is 4.79 Å². The maximum atomic E-state index is 13.2. The van der Waals surface area contributed by atoms with E-state index in [1.807, 2.05) is 85.8 Å². The Kier molecular flexibility index (Phi) is 5.39. The van der Waals surface area contributed by atoms with Gasteiger partial charge in [0.15, 0.2) is 0 Å². The lowest BCUT2D eigenvalue weighted by Crippen LogP contribution is -2.54. The number of fused-ring (bicyclic) bond motifs is 1. The number of urea groups is 1. The van der Waals surface area contributed by atoms with Crippen LogP contribution in [0, 0.1) is 0 Å². The highest BCUT2D eigenvalue weighted by molar-refractivity contribution is 6.02. The molecule has 0 saturated heterocycles. The SMILES string of the molecule is C[C@@H](c1cccc(Oc2ccccc2)c1)N1C(=O)[C@H](NC(N)=O)Cc2ccccc21. The Bertz CT molecular complexity index is 1070. The van der Waals surface area contributed by atoms with Crippen LogP contribution in [0.3, 0.4) is 0 Å². The molecule has 0 saturated carbocycles. The summed E-state index contributed by atoms with van der Waals surface area (Å²) in [5.74, 6) is 1.25. The number of anilines is 1. The summed E-state index contributed by atoms with van der Waals surface area (Å²) in [6.45, 7) is 1.96. The first-order chi connectivity index (χ1) is 14.5. The third-order valence-corrected chi connectivity index (χ3v) is 5.23. The van der Waals surface area contributed by atoms with Gasteiger partial charge in [-0.2, -0.15) is 0 Å². The molecule has 1 aliphatic heterocycles. The standard InChI is InChI=1S/C24H23N3O3/c1-16(17-9-7-12-20(14-17)30-19-10-3-2-4-11-19)27-22-13-6-5-8-18(22)15-21(23(27)28)26-24(25)29/h2-14,16,21H,15H2,1H3,(H3,25,26,29)/t16-,21+/m0/s1. The van der Waals surface area contributed by atoms with Gasteiger partial charge in [0, 0.05) is 12.1 Å². The first-order valence-corrected chi connectivity index (χ1v) is 9.83. The van der Waals surface area contributed by atoms with Crippen molar-refractivity contribution in [1.82, 2.24) is 5.32 Å². The highest BCUT2D eigenvalue weighted by atomic mass is 16.5. The Morgan fingerprint density at radius 1 is 1.03 bits per heavy atom. The van der Waals surface area contributed by atoms with Crippen LogP contribution in [-0.4, -0.2) is 18.0 Å². The molecule has 0 aromatic heterocycles. The molecule has 3 aromatic carbocycles. The second-order valence-corrected chi connectivity index (χ2v) is 7.27. The molecule has 1 heterocycles. The van der Waals surface area contributed by atoms with Gasteiger partial charge >= 0.3 is 6.03 Å². The van der Waals surface area contributed by atoms with Crippen LogP contribution >= 0.6 is 0 Å². The second-order valence-electron chi connectivity index (χ2n) is 7.27. The van der Waals surface area contributed by atoms with Crippen LogP contribution < -0.4 is 20.7 Å².